The van der Waals surface area contributed by atoms with Crippen molar-refractivity contribution < 1.29 is 4.74 Å². The second kappa shape index (κ2) is 5.77. The molecule has 3 aliphatic carbocycles. The maximum Gasteiger partial charge on any atom is 0.0648 e. The lowest BCUT2D eigenvalue weighted by molar-refractivity contribution is -0.0554. The predicted octanol–water partition coefficient (Wildman–Crippen LogP) is 5.42. The number of benzene rings is 1. The molecular weight excluding hydrogens is 280 g/mol. The molecule has 1 heteroatoms. The van der Waals surface area contributed by atoms with Crippen molar-refractivity contribution in [2.75, 3.05) is 6.61 Å². The Kier molecular flexibility index (Phi) is 3.88. The molecule has 3 unspecified atom stereocenters. The molecular formula is C22H30O. The van der Waals surface area contributed by atoms with Gasteiger partial charge >= 0.3 is 0 Å². The second-order valence-electron chi connectivity index (χ2n) is 8.35. The van der Waals surface area contributed by atoms with Crippen LogP contribution in [0.3, 0.4) is 0 Å². The van der Waals surface area contributed by atoms with Crippen molar-refractivity contribution in [1.29, 1.82) is 0 Å². The Balaban J connectivity index is 1.61. The Morgan fingerprint density at radius 1 is 1.26 bits per heavy atom. The highest BCUT2D eigenvalue weighted by Crippen LogP contribution is 2.61. The molecule has 23 heavy (non-hydrogen) atoms. The van der Waals surface area contributed by atoms with Crippen LogP contribution in [-0.4, -0.2) is 12.7 Å². The summed E-state index contributed by atoms with van der Waals surface area (Å²) < 4.78 is 6.17. The van der Waals surface area contributed by atoms with Gasteiger partial charge in [0, 0.05) is 0 Å². The molecule has 4 rings (SSSR count). The molecule has 0 amide bonds. The standard InChI is InChI=1S/C22H30O/c1-4-13-23-21-10-9-20-19-8-6-16-14-15(2)5-7-17(16)18(19)11-12-22(20,21)3/h4-5,7,14,18-21H,1,6,8-13H2,2-3H3/t18?,19?,20?,21-,22-/m0/s1. The van der Waals surface area contributed by atoms with E-state index in [1.165, 1.54) is 44.1 Å². The maximum atomic E-state index is 6.17. The van der Waals surface area contributed by atoms with Gasteiger partial charge in [0.25, 0.3) is 0 Å². The van der Waals surface area contributed by atoms with Gasteiger partial charge in [0.2, 0.25) is 0 Å². The van der Waals surface area contributed by atoms with Crippen molar-refractivity contribution in [3.8, 4) is 0 Å². The minimum absolute atomic E-state index is 0.395. The van der Waals surface area contributed by atoms with Gasteiger partial charge in [0.05, 0.1) is 12.7 Å². The minimum atomic E-state index is 0.395. The van der Waals surface area contributed by atoms with Gasteiger partial charge in [-0.2, -0.15) is 0 Å². The molecule has 3 aliphatic rings. The Labute approximate surface area is 141 Å². The first-order valence-corrected chi connectivity index (χ1v) is 9.45. The Bertz CT molecular complexity index is 604. The van der Waals surface area contributed by atoms with E-state index in [9.17, 15) is 0 Å². The van der Waals surface area contributed by atoms with E-state index >= 15 is 0 Å². The molecule has 0 radical (unpaired) electrons. The average Bonchev–Trinajstić information content (AvgIpc) is 2.89. The van der Waals surface area contributed by atoms with Crippen LogP contribution < -0.4 is 0 Å². The summed E-state index contributed by atoms with van der Waals surface area (Å²) in [6.45, 7) is 9.27. The van der Waals surface area contributed by atoms with Crippen molar-refractivity contribution in [3.63, 3.8) is 0 Å². The van der Waals surface area contributed by atoms with E-state index in [0.717, 1.165) is 17.8 Å². The number of fused-ring (bicyclic) bond motifs is 5. The molecule has 0 heterocycles. The number of rotatable bonds is 3. The van der Waals surface area contributed by atoms with Gasteiger partial charge in [-0.15, -0.1) is 6.58 Å². The van der Waals surface area contributed by atoms with Crippen LogP contribution in [0.15, 0.2) is 30.9 Å². The summed E-state index contributed by atoms with van der Waals surface area (Å²) in [5.74, 6) is 2.53. The maximum absolute atomic E-state index is 6.17. The fourth-order valence-electron chi connectivity index (χ4n) is 6.12. The predicted molar refractivity (Wildman–Crippen MR) is 95.7 cm³/mol. The van der Waals surface area contributed by atoms with Gasteiger partial charge in [0.1, 0.15) is 0 Å². The van der Waals surface area contributed by atoms with Crippen LogP contribution in [0, 0.1) is 24.2 Å². The van der Waals surface area contributed by atoms with Gasteiger partial charge in [-0.25, -0.2) is 0 Å². The van der Waals surface area contributed by atoms with E-state index in [-0.39, 0.29) is 0 Å². The molecule has 0 aromatic heterocycles. The van der Waals surface area contributed by atoms with Gasteiger partial charge in [-0.3, -0.25) is 0 Å². The Morgan fingerprint density at radius 3 is 2.96 bits per heavy atom. The molecule has 0 saturated heterocycles. The van der Waals surface area contributed by atoms with E-state index in [0.29, 0.717) is 18.1 Å². The van der Waals surface area contributed by atoms with Gasteiger partial charge < -0.3 is 4.74 Å². The van der Waals surface area contributed by atoms with Crippen LogP contribution in [0.25, 0.3) is 0 Å². The fraction of sp³-hybridized carbons (Fsp3) is 0.636. The van der Waals surface area contributed by atoms with Crippen molar-refractivity contribution in [1.82, 2.24) is 0 Å². The molecule has 1 nitrogen and oxygen atoms in total. The average molecular weight is 310 g/mol. The summed E-state index contributed by atoms with van der Waals surface area (Å²) in [5.41, 5.74) is 5.12. The second-order valence-corrected chi connectivity index (χ2v) is 8.35. The quantitative estimate of drug-likeness (QED) is 0.677. The van der Waals surface area contributed by atoms with Crippen LogP contribution in [0.4, 0.5) is 0 Å². The molecule has 1 aromatic carbocycles. The van der Waals surface area contributed by atoms with Crippen molar-refractivity contribution in [3.05, 3.63) is 47.5 Å². The first-order chi connectivity index (χ1) is 11.1. The highest BCUT2D eigenvalue weighted by molar-refractivity contribution is 5.37. The van der Waals surface area contributed by atoms with E-state index < -0.39 is 0 Å². The lowest BCUT2D eigenvalue weighted by Crippen LogP contribution is -2.44. The van der Waals surface area contributed by atoms with Crippen LogP contribution in [0.1, 0.15) is 61.6 Å². The first-order valence-electron chi connectivity index (χ1n) is 9.45. The Morgan fingerprint density at radius 2 is 2.13 bits per heavy atom. The fourth-order valence-corrected chi connectivity index (χ4v) is 6.12. The zero-order chi connectivity index (χ0) is 16.0. The van der Waals surface area contributed by atoms with Gasteiger partial charge in [-0.05, 0) is 79.7 Å². The molecule has 0 aliphatic heterocycles. The van der Waals surface area contributed by atoms with Crippen LogP contribution in [0.2, 0.25) is 0 Å². The van der Waals surface area contributed by atoms with E-state index in [1.807, 2.05) is 6.08 Å². The van der Waals surface area contributed by atoms with Crippen LogP contribution in [-0.2, 0) is 11.2 Å². The van der Waals surface area contributed by atoms with E-state index in [4.69, 9.17) is 4.74 Å². The number of ether oxygens (including phenoxy) is 1. The third-order valence-corrected chi connectivity index (χ3v) is 7.21. The van der Waals surface area contributed by atoms with Crippen molar-refractivity contribution in [2.45, 2.75) is 64.4 Å². The summed E-state index contributed by atoms with van der Waals surface area (Å²) in [7, 11) is 0. The third kappa shape index (κ3) is 2.39. The van der Waals surface area contributed by atoms with E-state index in [1.54, 1.807) is 11.1 Å². The number of aryl methyl sites for hydroxylation is 2. The lowest BCUT2D eigenvalue weighted by atomic mass is 9.55. The molecule has 2 saturated carbocycles. The molecule has 2 fully saturated rings. The molecule has 1 aromatic rings. The molecule has 0 bridgehead atoms. The number of hydrogen-bond acceptors (Lipinski definition) is 1. The molecule has 0 N–H and O–H groups in total. The zero-order valence-electron chi connectivity index (χ0n) is 14.7. The highest BCUT2D eigenvalue weighted by atomic mass is 16.5. The molecule has 0 spiro atoms. The van der Waals surface area contributed by atoms with E-state index in [2.05, 4.69) is 38.6 Å². The SMILES string of the molecule is C=CCO[C@H]1CCC2C3CCc4cc(C)ccc4C3CC[C@@]21C. The largest absolute Gasteiger partial charge is 0.374 e. The molecule has 5 atom stereocenters. The zero-order valence-corrected chi connectivity index (χ0v) is 14.7. The van der Waals surface area contributed by atoms with Gasteiger partial charge in [0.15, 0.2) is 0 Å². The Hall–Kier alpha value is -1.08. The highest BCUT2D eigenvalue weighted by Gasteiger charge is 2.55. The summed E-state index contributed by atoms with van der Waals surface area (Å²) in [4.78, 5) is 0. The monoisotopic (exact) mass is 310 g/mol. The van der Waals surface area contributed by atoms with Gasteiger partial charge in [-0.1, -0.05) is 36.8 Å². The first kappa shape index (κ1) is 15.4. The lowest BCUT2D eigenvalue weighted by Gasteiger charge is -2.50. The third-order valence-electron chi connectivity index (χ3n) is 7.21. The van der Waals surface area contributed by atoms with Crippen LogP contribution in [0.5, 0.6) is 0 Å². The molecule has 124 valence electrons. The number of hydrogen-bond donors (Lipinski definition) is 0. The summed E-state index contributed by atoms with van der Waals surface area (Å²) >= 11 is 0. The summed E-state index contributed by atoms with van der Waals surface area (Å²) in [6, 6.07) is 7.19. The minimum Gasteiger partial charge on any atom is -0.374 e. The van der Waals surface area contributed by atoms with Crippen LogP contribution >= 0.6 is 0 Å². The normalized spacial score (nSPS) is 38.5. The van der Waals surface area contributed by atoms with Crippen molar-refractivity contribution >= 4 is 0 Å². The smallest absolute Gasteiger partial charge is 0.0648 e. The summed E-state index contributed by atoms with van der Waals surface area (Å²) in [5, 5.41) is 0. The van der Waals surface area contributed by atoms with Crippen molar-refractivity contribution in [2.24, 2.45) is 17.3 Å². The topological polar surface area (TPSA) is 9.23 Å². The summed E-state index contributed by atoms with van der Waals surface area (Å²) in [6.07, 6.45) is 10.3.